The van der Waals surface area contributed by atoms with Crippen LogP contribution in [0.15, 0.2) is 18.2 Å². The molecule has 2 rings (SSSR count). The maximum atomic E-state index is 13.4. The van der Waals surface area contributed by atoms with E-state index in [9.17, 15) is 8.78 Å². The lowest BCUT2D eigenvalue weighted by molar-refractivity contribution is 0.288. The Bertz CT molecular complexity index is 596. The van der Waals surface area contributed by atoms with Gasteiger partial charge in [-0.2, -0.15) is 5.10 Å². The number of hydrogen-bond donors (Lipinski definition) is 1. The average Bonchev–Trinajstić information content (AvgIpc) is 2.64. The molecule has 0 atom stereocenters. The quantitative estimate of drug-likeness (QED) is 0.925. The highest BCUT2D eigenvalue weighted by atomic mass is 19.1. The van der Waals surface area contributed by atoms with Crippen molar-refractivity contribution in [3.8, 4) is 5.75 Å². The Kier molecular flexibility index (Phi) is 3.69. The van der Waals surface area contributed by atoms with Crippen LogP contribution in [0.1, 0.15) is 11.3 Å². The van der Waals surface area contributed by atoms with Gasteiger partial charge in [0.2, 0.25) is 0 Å². The summed E-state index contributed by atoms with van der Waals surface area (Å²) in [6.45, 7) is 1.96. The summed E-state index contributed by atoms with van der Waals surface area (Å²) in [5.41, 5.74) is 1.59. The molecule has 0 spiro atoms. The predicted molar refractivity (Wildman–Crippen MR) is 68.2 cm³/mol. The van der Waals surface area contributed by atoms with E-state index in [0.29, 0.717) is 0 Å². The second-order valence-electron chi connectivity index (χ2n) is 4.15. The van der Waals surface area contributed by atoms with Crippen molar-refractivity contribution in [1.82, 2.24) is 9.78 Å². The monoisotopic (exact) mass is 267 g/mol. The standard InChI is InChI=1S/C13H15F2N3O/c1-8-10(13(16-2)18(3)17-8)7-19-12-6-9(14)4-5-11(12)15/h4-6,16H,7H2,1-3H3. The summed E-state index contributed by atoms with van der Waals surface area (Å²) in [5.74, 6) is -0.443. The van der Waals surface area contributed by atoms with Gasteiger partial charge in [0, 0.05) is 20.2 Å². The van der Waals surface area contributed by atoms with Crippen LogP contribution in [0.5, 0.6) is 5.75 Å². The zero-order chi connectivity index (χ0) is 14.0. The lowest BCUT2D eigenvalue weighted by Crippen LogP contribution is -2.04. The molecule has 0 saturated heterocycles. The van der Waals surface area contributed by atoms with Gasteiger partial charge in [-0.05, 0) is 19.1 Å². The van der Waals surface area contributed by atoms with Gasteiger partial charge in [0.15, 0.2) is 11.6 Å². The maximum Gasteiger partial charge on any atom is 0.165 e. The molecule has 0 aliphatic rings. The lowest BCUT2D eigenvalue weighted by atomic mass is 10.2. The SMILES string of the molecule is CNc1c(COc2cc(F)ccc2F)c(C)nn1C. The second-order valence-corrected chi connectivity index (χ2v) is 4.15. The molecule has 0 aliphatic heterocycles. The van der Waals surface area contributed by atoms with Crippen LogP contribution in [0.2, 0.25) is 0 Å². The Labute approximate surface area is 110 Å². The number of nitrogens with one attached hydrogen (secondary N) is 1. The molecular weight excluding hydrogens is 252 g/mol. The summed E-state index contributed by atoms with van der Waals surface area (Å²) in [6, 6.07) is 3.12. The largest absolute Gasteiger partial charge is 0.486 e. The van der Waals surface area contributed by atoms with Crippen LogP contribution in [-0.2, 0) is 13.7 Å². The number of aryl methyl sites for hydroxylation is 2. The van der Waals surface area contributed by atoms with E-state index in [1.165, 1.54) is 0 Å². The summed E-state index contributed by atoms with van der Waals surface area (Å²) < 4.78 is 33.5. The van der Waals surface area contributed by atoms with Gasteiger partial charge in [-0.15, -0.1) is 0 Å². The molecule has 6 heteroatoms. The number of nitrogens with zero attached hydrogens (tertiary/aromatic N) is 2. The molecule has 0 aliphatic carbocycles. The fraction of sp³-hybridized carbons (Fsp3) is 0.308. The van der Waals surface area contributed by atoms with E-state index in [-0.39, 0.29) is 12.4 Å². The zero-order valence-electron chi connectivity index (χ0n) is 11.0. The maximum absolute atomic E-state index is 13.4. The van der Waals surface area contributed by atoms with Crippen LogP contribution in [0.4, 0.5) is 14.6 Å². The number of halogens is 2. The first-order valence-corrected chi connectivity index (χ1v) is 5.81. The van der Waals surface area contributed by atoms with Crippen molar-refractivity contribution in [1.29, 1.82) is 0 Å². The van der Waals surface area contributed by atoms with Gasteiger partial charge < -0.3 is 10.1 Å². The van der Waals surface area contributed by atoms with Crippen molar-refractivity contribution in [2.75, 3.05) is 12.4 Å². The molecule has 102 valence electrons. The number of aromatic nitrogens is 2. The molecule has 0 unspecified atom stereocenters. The van der Waals surface area contributed by atoms with Gasteiger partial charge in [-0.1, -0.05) is 0 Å². The fourth-order valence-electron chi connectivity index (χ4n) is 1.93. The smallest absolute Gasteiger partial charge is 0.165 e. The van der Waals surface area contributed by atoms with Gasteiger partial charge in [0.1, 0.15) is 18.2 Å². The van der Waals surface area contributed by atoms with Crippen molar-refractivity contribution in [2.45, 2.75) is 13.5 Å². The van der Waals surface area contributed by atoms with Crippen molar-refractivity contribution in [2.24, 2.45) is 7.05 Å². The van der Waals surface area contributed by atoms with E-state index < -0.39 is 11.6 Å². The van der Waals surface area contributed by atoms with E-state index in [4.69, 9.17) is 4.74 Å². The first kappa shape index (κ1) is 13.3. The van der Waals surface area contributed by atoms with E-state index in [2.05, 4.69) is 10.4 Å². The van der Waals surface area contributed by atoms with Crippen molar-refractivity contribution in [3.63, 3.8) is 0 Å². The molecule has 19 heavy (non-hydrogen) atoms. The minimum absolute atomic E-state index is 0.106. The number of hydrogen-bond acceptors (Lipinski definition) is 3. The molecule has 4 nitrogen and oxygen atoms in total. The highest BCUT2D eigenvalue weighted by Gasteiger charge is 2.14. The van der Waals surface area contributed by atoms with E-state index in [1.54, 1.807) is 18.8 Å². The summed E-state index contributed by atoms with van der Waals surface area (Å²) >= 11 is 0. The number of benzene rings is 1. The van der Waals surface area contributed by atoms with Gasteiger partial charge in [-0.25, -0.2) is 8.78 Å². The number of rotatable bonds is 4. The van der Waals surface area contributed by atoms with Crippen LogP contribution in [-0.4, -0.2) is 16.8 Å². The first-order chi connectivity index (χ1) is 9.02. The van der Waals surface area contributed by atoms with E-state index in [1.807, 2.05) is 6.92 Å². The molecule has 0 radical (unpaired) electrons. The summed E-state index contributed by atoms with van der Waals surface area (Å²) in [4.78, 5) is 0. The average molecular weight is 267 g/mol. The van der Waals surface area contributed by atoms with Gasteiger partial charge in [0.05, 0.1) is 11.3 Å². The molecule has 0 saturated carbocycles. The summed E-state index contributed by atoms with van der Waals surface area (Å²) in [6.07, 6.45) is 0. The second kappa shape index (κ2) is 5.26. The van der Waals surface area contributed by atoms with Gasteiger partial charge in [0.25, 0.3) is 0 Å². The third-order valence-electron chi connectivity index (χ3n) is 2.85. The van der Waals surface area contributed by atoms with Crippen molar-refractivity contribution >= 4 is 5.82 Å². The molecule has 1 aromatic carbocycles. The third-order valence-corrected chi connectivity index (χ3v) is 2.85. The van der Waals surface area contributed by atoms with Crippen LogP contribution >= 0.6 is 0 Å². The summed E-state index contributed by atoms with van der Waals surface area (Å²) in [5, 5.41) is 7.24. The van der Waals surface area contributed by atoms with Crippen LogP contribution in [0.3, 0.4) is 0 Å². The van der Waals surface area contributed by atoms with Crippen LogP contribution in [0, 0.1) is 18.6 Å². The highest BCUT2D eigenvalue weighted by Crippen LogP contribution is 2.23. The number of anilines is 1. The van der Waals surface area contributed by atoms with E-state index in [0.717, 1.165) is 35.3 Å². The minimum atomic E-state index is -0.589. The van der Waals surface area contributed by atoms with Gasteiger partial charge in [-0.3, -0.25) is 4.68 Å². The van der Waals surface area contributed by atoms with E-state index >= 15 is 0 Å². The Morgan fingerprint density at radius 3 is 2.79 bits per heavy atom. The molecule has 1 aromatic heterocycles. The highest BCUT2D eigenvalue weighted by molar-refractivity contribution is 5.46. The predicted octanol–water partition coefficient (Wildman–Crippen LogP) is 2.63. The van der Waals surface area contributed by atoms with Crippen molar-refractivity contribution < 1.29 is 13.5 Å². The molecule has 0 amide bonds. The molecule has 1 N–H and O–H groups in total. The number of ether oxygens (including phenoxy) is 1. The van der Waals surface area contributed by atoms with Gasteiger partial charge >= 0.3 is 0 Å². The normalized spacial score (nSPS) is 10.6. The third kappa shape index (κ3) is 2.67. The molecule has 2 aromatic rings. The molecule has 0 bridgehead atoms. The Morgan fingerprint density at radius 1 is 1.37 bits per heavy atom. The minimum Gasteiger partial charge on any atom is -0.486 e. The Morgan fingerprint density at radius 2 is 2.11 bits per heavy atom. The first-order valence-electron chi connectivity index (χ1n) is 5.81. The molecule has 1 heterocycles. The van der Waals surface area contributed by atoms with Crippen LogP contribution < -0.4 is 10.1 Å². The molecular formula is C13H15F2N3O. The zero-order valence-corrected chi connectivity index (χ0v) is 11.0. The fourth-order valence-corrected chi connectivity index (χ4v) is 1.93. The summed E-state index contributed by atoms with van der Waals surface area (Å²) in [7, 11) is 3.56. The Hall–Kier alpha value is -2.11. The van der Waals surface area contributed by atoms with Crippen LogP contribution in [0.25, 0.3) is 0 Å². The molecule has 0 fully saturated rings. The topological polar surface area (TPSA) is 39.1 Å². The lowest BCUT2D eigenvalue weighted by Gasteiger charge is -2.09. The Balaban J connectivity index is 2.21. The van der Waals surface area contributed by atoms with Crippen molar-refractivity contribution in [3.05, 3.63) is 41.1 Å².